The van der Waals surface area contributed by atoms with Gasteiger partial charge in [-0.25, -0.2) is 0 Å². The molecule has 0 aliphatic carbocycles. The van der Waals surface area contributed by atoms with Crippen molar-refractivity contribution >= 4 is 24.0 Å². The largest absolute Gasteiger partial charge is 0.345 e. The van der Waals surface area contributed by atoms with Crippen molar-refractivity contribution in [3.8, 4) is 0 Å². The van der Waals surface area contributed by atoms with Gasteiger partial charge >= 0.3 is 0 Å². The van der Waals surface area contributed by atoms with Crippen LogP contribution in [0.2, 0.25) is 0 Å². The summed E-state index contributed by atoms with van der Waals surface area (Å²) in [6.45, 7) is 5.73. The molecule has 0 amide bonds. The molecule has 1 aromatic carbocycles. The molecule has 136 valence electrons. The molecule has 4 atom stereocenters. The summed E-state index contributed by atoms with van der Waals surface area (Å²) in [6, 6.07) is 10.0. The monoisotopic (exact) mass is 377 g/mol. The van der Waals surface area contributed by atoms with Gasteiger partial charge in [-0.05, 0) is 19.4 Å². The summed E-state index contributed by atoms with van der Waals surface area (Å²) in [7, 11) is 0. The lowest BCUT2D eigenvalue weighted by molar-refractivity contribution is -0.235. The summed E-state index contributed by atoms with van der Waals surface area (Å²) in [5, 5.41) is 3.26. The highest BCUT2D eigenvalue weighted by Gasteiger charge is 2.55. The Morgan fingerprint density at radius 3 is 2.58 bits per heavy atom. The standard InChI is InChI=1S/C17H24ClNO4.ClH/c1-17(2)22-14-13(10-19-9-8-18)21-16(15(14)23-17)20-11-12-6-4-3-5-7-12;/h3-7,13-16,19H,8-11H2,1-2H3;1H. The molecule has 0 radical (unpaired) electrons. The van der Waals surface area contributed by atoms with Crippen molar-refractivity contribution < 1.29 is 18.9 Å². The highest BCUT2D eigenvalue weighted by molar-refractivity contribution is 6.18. The second kappa shape index (κ2) is 8.81. The van der Waals surface area contributed by atoms with Gasteiger partial charge in [0.05, 0.1) is 6.61 Å². The summed E-state index contributed by atoms with van der Waals surface area (Å²) < 4.78 is 23.9. The third kappa shape index (κ3) is 4.82. The van der Waals surface area contributed by atoms with E-state index in [0.29, 0.717) is 19.0 Å². The maximum absolute atomic E-state index is 6.01. The number of alkyl halides is 1. The predicted octanol–water partition coefficient (Wildman–Crippen LogP) is 2.70. The Kier molecular flexibility index (Phi) is 7.31. The zero-order valence-corrected chi connectivity index (χ0v) is 15.5. The van der Waals surface area contributed by atoms with Gasteiger partial charge < -0.3 is 24.3 Å². The molecular weight excluding hydrogens is 353 g/mol. The molecule has 1 aromatic rings. The van der Waals surface area contributed by atoms with Crippen LogP contribution < -0.4 is 5.32 Å². The van der Waals surface area contributed by atoms with E-state index in [4.69, 9.17) is 30.5 Å². The van der Waals surface area contributed by atoms with Crippen molar-refractivity contribution in [3.63, 3.8) is 0 Å². The van der Waals surface area contributed by atoms with Crippen LogP contribution in [0.4, 0.5) is 0 Å². The number of hydrogen-bond acceptors (Lipinski definition) is 5. The summed E-state index contributed by atoms with van der Waals surface area (Å²) in [5.74, 6) is -0.0458. The Balaban J connectivity index is 0.00000208. The number of rotatable bonds is 7. The number of hydrogen-bond donors (Lipinski definition) is 1. The minimum atomic E-state index is -0.613. The minimum absolute atomic E-state index is 0. The van der Waals surface area contributed by atoms with E-state index in [1.807, 2.05) is 44.2 Å². The van der Waals surface area contributed by atoms with Crippen LogP contribution in [0.5, 0.6) is 0 Å². The van der Waals surface area contributed by atoms with E-state index < -0.39 is 12.1 Å². The molecule has 2 aliphatic rings. The van der Waals surface area contributed by atoms with Crippen LogP contribution in [-0.2, 0) is 25.6 Å². The molecule has 0 bridgehead atoms. The molecule has 3 rings (SSSR count). The molecule has 5 nitrogen and oxygen atoms in total. The zero-order valence-electron chi connectivity index (χ0n) is 13.9. The van der Waals surface area contributed by atoms with Gasteiger partial charge in [0.1, 0.15) is 18.3 Å². The van der Waals surface area contributed by atoms with Crippen LogP contribution in [0.3, 0.4) is 0 Å². The van der Waals surface area contributed by atoms with Crippen LogP contribution in [-0.4, -0.2) is 49.4 Å². The van der Waals surface area contributed by atoms with Gasteiger partial charge in [0.15, 0.2) is 12.1 Å². The first-order valence-electron chi connectivity index (χ1n) is 8.02. The van der Waals surface area contributed by atoms with Crippen molar-refractivity contribution in [1.82, 2.24) is 5.32 Å². The van der Waals surface area contributed by atoms with Gasteiger partial charge in [-0.1, -0.05) is 30.3 Å². The molecule has 4 unspecified atom stereocenters. The maximum Gasteiger partial charge on any atom is 0.187 e. The van der Waals surface area contributed by atoms with Crippen molar-refractivity contribution in [2.45, 2.75) is 50.8 Å². The summed E-state index contributed by atoms with van der Waals surface area (Å²) >= 11 is 5.71. The third-order valence-electron chi connectivity index (χ3n) is 3.98. The summed E-state index contributed by atoms with van der Waals surface area (Å²) in [4.78, 5) is 0. The number of halogens is 2. The molecule has 0 spiro atoms. The van der Waals surface area contributed by atoms with E-state index in [1.165, 1.54) is 0 Å². The first kappa shape index (κ1) is 19.9. The average molecular weight is 378 g/mol. The van der Waals surface area contributed by atoms with Gasteiger partial charge in [-0.3, -0.25) is 0 Å². The van der Waals surface area contributed by atoms with Crippen LogP contribution >= 0.6 is 24.0 Å². The minimum Gasteiger partial charge on any atom is -0.345 e. The fourth-order valence-electron chi connectivity index (χ4n) is 3.00. The number of fused-ring (bicyclic) bond motifs is 1. The lowest BCUT2D eigenvalue weighted by Crippen LogP contribution is -2.38. The van der Waals surface area contributed by atoms with E-state index in [0.717, 1.165) is 12.1 Å². The molecule has 2 saturated heterocycles. The van der Waals surface area contributed by atoms with Gasteiger partial charge in [0, 0.05) is 19.0 Å². The van der Waals surface area contributed by atoms with Gasteiger partial charge in [-0.15, -0.1) is 24.0 Å². The Hall–Kier alpha value is -0.400. The molecule has 1 N–H and O–H groups in total. The number of benzene rings is 1. The predicted molar refractivity (Wildman–Crippen MR) is 94.6 cm³/mol. The highest BCUT2D eigenvalue weighted by atomic mass is 35.5. The first-order valence-corrected chi connectivity index (χ1v) is 8.56. The van der Waals surface area contributed by atoms with Crippen molar-refractivity contribution in [2.75, 3.05) is 19.0 Å². The first-order chi connectivity index (χ1) is 11.1. The van der Waals surface area contributed by atoms with Crippen LogP contribution in [0.15, 0.2) is 30.3 Å². The normalized spacial score (nSPS) is 30.8. The molecule has 24 heavy (non-hydrogen) atoms. The van der Waals surface area contributed by atoms with Crippen molar-refractivity contribution in [2.24, 2.45) is 0 Å². The zero-order chi connectivity index (χ0) is 16.3. The van der Waals surface area contributed by atoms with Crippen molar-refractivity contribution in [3.05, 3.63) is 35.9 Å². The maximum atomic E-state index is 6.01. The van der Waals surface area contributed by atoms with Crippen molar-refractivity contribution in [1.29, 1.82) is 0 Å². The van der Waals surface area contributed by atoms with E-state index in [9.17, 15) is 0 Å². The van der Waals surface area contributed by atoms with Gasteiger partial charge in [0.2, 0.25) is 0 Å². The Morgan fingerprint density at radius 1 is 1.17 bits per heavy atom. The quantitative estimate of drug-likeness (QED) is 0.584. The summed E-state index contributed by atoms with van der Waals surface area (Å²) in [5.41, 5.74) is 1.11. The molecule has 2 fully saturated rings. The van der Waals surface area contributed by atoms with Crippen LogP contribution in [0.25, 0.3) is 0 Å². The fourth-order valence-corrected chi connectivity index (χ4v) is 3.14. The van der Waals surface area contributed by atoms with E-state index in [-0.39, 0.29) is 30.7 Å². The fraction of sp³-hybridized carbons (Fsp3) is 0.647. The Bertz CT molecular complexity index is 503. The highest BCUT2D eigenvalue weighted by Crippen LogP contribution is 2.39. The van der Waals surface area contributed by atoms with Crippen LogP contribution in [0, 0.1) is 0 Å². The third-order valence-corrected chi connectivity index (χ3v) is 4.17. The Labute approximate surface area is 154 Å². The van der Waals surface area contributed by atoms with E-state index in [1.54, 1.807) is 0 Å². The second-order valence-corrected chi connectivity index (χ2v) is 6.68. The molecule has 0 saturated carbocycles. The average Bonchev–Trinajstić information content (AvgIpc) is 3.01. The topological polar surface area (TPSA) is 49.0 Å². The molecular formula is C17H25Cl2NO4. The molecule has 7 heteroatoms. The van der Waals surface area contributed by atoms with Gasteiger partial charge in [0.25, 0.3) is 0 Å². The molecule has 2 heterocycles. The van der Waals surface area contributed by atoms with Crippen LogP contribution in [0.1, 0.15) is 19.4 Å². The second-order valence-electron chi connectivity index (χ2n) is 6.30. The van der Waals surface area contributed by atoms with E-state index in [2.05, 4.69) is 5.32 Å². The Morgan fingerprint density at radius 2 is 1.88 bits per heavy atom. The molecule has 2 aliphatic heterocycles. The lowest BCUT2D eigenvalue weighted by Gasteiger charge is -2.24. The molecule has 0 aromatic heterocycles. The number of ether oxygens (including phenoxy) is 4. The summed E-state index contributed by atoms with van der Waals surface area (Å²) in [6.07, 6.45) is -0.874. The van der Waals surface area contributed by atoms with E-state index >= 15 is 0 Å². The van der Waals surface area contributed by atoms with Gasteiger partial charge in [-0.2, -0.15) is 0 Å². The smallest absolute Gasteiger partial charge is 0.187 e. The SMILES string of the molecule is CC1(C)OC2C(CNCCCl)OC(OCc3ccccc3)C2O1.Cl. The number of nitrogens with one attached hydrogen (secondary N) is 1. The lowest BCUT2D eigenvalue weighted by atomic mass is 10.1.